The Morgan fingerprint density at radius 2 is 2.45 bits per heavy atom. The normalized spacial score (nSPS) is 9.27. The predicted octanol–water partition coefficient (Wildman–Crippen LogP) is -0.307. The molecule has 1 aromatic rings. The maximum Gasteiger partial charge on any atom is 0.339 e. The van der Waals surface area contributed by atoms with E-state index in [4.69, 9.17) is 0 Å². The fourth-order valence-electron chi connectivity index (χ4n) is 0.662. The summed E-state index contributed by atoms with van der Waals surface area (Å²) in [7, 11) is 3.12. The number of nitrogens with zero attached hydrogens (tertiary/aromatic N) is 2. The second kappa shape index (κ2) is 3.09. The van der Waals surface area contributed by atoms with Crippen LogP contribution in [-0.2, 0) is 11.8 Å². The van der Waals surface area contributed by atoms with E-state index in [9.17, 15) is 4.79 Å². The number of hydrogen-bond donors (Lipinski definition) is 0. The lowest BCUT2D eigenvalue weighted by Gasteiger charge is -1.93. The van der Waals surface area contributed by atoms with Gasteiger partial charge in [-0.2, -0.15) is 0 Å². The van der Waals surface area contributed by atoms with Crippen LogP contribution in [0, 0.1) is 0 Å². The maximum atomic E-state index is 10.9. The average Bonchev–Trinajstić information content (AvgIpc) is 2.05. The average molecular weight is 153 g/mol. The van der Waals surface area contributed by atoms with Crippen LogP contribution in [0.5, 0.6) is 0 Å². The van der Waals surface area contributed by atoms with Gasteiger partial charge in [0.15, 0.2) is 13.2 Å². The molecule has 1 aromatic heterocycles. The van der Waals surface area contributed by atoms with Crippen LogP contribution < -0.4 is 4.68 Å². The molecule has 4 heteroatoms. The quantitative estimate of drug-likeness (QED) is 0.410. The first kappa shape index (κ1) is 7.65. The van der Waals surface area contributed by atoms with E-state index >= 15 is 0 Å². The molecule has 0 radical (unpaired) electrons. The number of carbonyl (C=O) groups excluding carboxylic acids is 1. The predicted molar refractivity (Wildman–Crippen MR) is 36.8 cm³/mol. The van der Waals surface area contributed by atoms with E-state index in [1.807, 2.05) is 0 Å². The molecule has 0 saturated carbocycles. The van der Waals surface area contributed by atoms with Crippen molar-refractivity contribution in [3.8, 4) is 0 Å². The van der Waals surface area contributed by atoms with Crippen molar-refractivity contribution < 1.29 is 14.2 Å². The standard InChI is InChI=1S/C7H9N2O2/c1-9-4-3-6(5-8-9)7(10)11-2/h3-5H,1-2H3/q+1. The number of ether oxygens (including phenoxy) is 1. The molecule has 0 aliphatic carbocycles. The van der Waals surface area contributed by atoms with Crippen molar-refractivity contribution in [3.63, 3.8) is 0 Å². The number of aromatic nitrogens is 2. The molecule has 1 rings (SSSR count). The van der Waals surface area contributed by atoms with Gasteiger partial charge in [-0.25, -0.2) is 4.79 Å². The largest absolute Gasteiger partial charge is 0.465 e. The molecule has 1 heterocycles. The number of methoxy groups -OCH3 is 1. The highest BCUT2D eigenvalue weighted by atomic mass is 16.5. The molecular formula is C7H9N2O2+. The summed E-state index contributed by atoms with van der Waals surface area (Å²) < 4.78 is 6.09. The minimum atomic E-state index is -0.363. The van der Waals surface area contributed by atoms with Crippen molar-refractivity contribution in [1.29, 1.82) is 0 Å². The second-order valence-electron chi connectivity index (χ2n) is 2.08. The highest BCUT2D eigenvalue weighted by Crippen LogP contribution is 1.94. The summed E-state index contributed by atoms with van der Waals surface area (Å²) in [6.45, 7) is 0. The summed E-state index contributed by atoms with van der Waals surface area (Å²) in [5.74, 6) is -0.363. The summed E-state index contributed by atoms with van der Waals surface area (Å²) in [5, 5.41) is 3.86. The second-order valence-corrected chi connectivity index (χ2v) is 2.08. The van der Waals surface area contributed by atoms with Crippen LogP contribution in [0.25, 0.3) is 0 Å². The van der Waals surface area contributed by atoms with Crippen LogP contribution in [0.4, 0.5) is 0 Å². The first-order valence-corrected chi connectivity index (χ1v) is 3.14. The molecule has 0 aliphatic heterocycles. The smallest absolute Gasteiger partial charge is 0.339 e. The summed E-state index contributed by atoms with van der Waals surface area (Å²) >= 11 is 0. The Morgan fingerprint density at radius 1 is 1.73 bits per heavy atom. The van der Waals surface area contributed by atoms with Gasteiger partial charge in [0.2, 0.25) is 0 Å². The first-order valence-electron chi connectivity index (χ1n) is 3.14. The molecule has 0 fully saturated rings. The highest BCUT2D eigenvalue weighted by Gasteiger charge is 2.06. The lowest BCUT2D eigenvalue weighted by Crippen LogP contribution is -2.32. The fourth-order valence-corrected chi connectivity index (χ4v) is 0.662. The van der Waals surface area contributed by atoms with Gasteiger partial charge in [-0.1, -0.05) is 4.68 Å². The van der Waals surface area contributed by atoms with Crippen molar-refractivity contribution in [1.82, 2.24) is 5.10 Å². The van der Waals surface area contributed by atoms with E-state index in [1.54, 1.807) is 24.0 Å². The van der Waals surface area contributed by atoms with Crippen LogP contribution >= 0.6 is 0 Å². The molecule has 0 atom stereocenters. The zero-order valence-electron chi connectivity index (χ0n) is 6.44. The number of carbonyl (C=O) groups is 1. The molecule has 0 unspecified atom stereocenters. The Labute approximate surface area is 64.4 Å². The van der Waals surface area contributed by atoms with Crippen LogP contribution in [0.2, 0.25) is 0 Å². The Bertz CT molecular complexity index is 256. The van der Waals surface area contributed by atoms with Gasteiger partial charge in [-0.05, 0) is 5.10 Å². The van der Waals surface area contributed by atoms with Crippen LogP contribution in [0.3, 0.4) is 0 Å². The number of esters is 1. The van der Waals surface area contributed by atoms with Gasteiger partial charge < -0.3 is 4.74 Å². The molecule has 58 valence electrons. The van der Waals surface area contributed by atoms with Gasteiger partial charge in [-0.15, -0.1) is 0 Å². The third kappa shape index (κ3) is 1.73. The van der Waals surface area contributed by atoms with E-state index < -0.39 is 0 Å². The molecule has 0 amide bonds. The summed E-state index contributed by atoms with van der Waals surface area (Å²) in [6, 6.07) is 1.65. The van der Waals surface area contributed by atoms with Gasteiger partial charge in [0, 0.05) is 6.07 Å². The van der Waals surface area contributed by atoms with Crippen molar-refractivity contribution in [3.05, 3.63) is 24.0 Å². The van der Waals surface area contributed by atoms with Crippen LogP contribution in [-0.4, -0.2) is 18.2 Å². The van der Waals surface area contributed by atoms with Gasteiger partial charge >= 0.3 is 5.97 Å². The third-order valence-corrected chi connectivity index (χ3v) is 1.27. The van der Waals surface area contributed by atoms with Crippen molar-refractivity contribution in [2.75, 3.05) is 7.11 Å². The number of aryl methyl sites for hydroxylation is 1. The minimum absolute atomic E-state index is 0.363. The number of hydrogen-bond acceptors (Lipinski definition) is 3. The zero-order chi connectivity index (χ0) is 8.27. The zero-order valence-corrected chi connectivity index (χ0v) is 6.44. The molecule has 4 nitrogen and oxygen atoms in total. The highest BCUT2D eigenvalue weighted by molar-refractivity contribution is 5.88. The fraction of sp³-hybridized carbons (Fsp3) is 0.286. The van der Waals surface area contributed by atoms with Crippen molar-refractivity contribution in [2.45, 2.75) is 0 Å². The summed E-state index contributed by atoms with van der Waals surface area (Å²) in [5.41, 5.74) is 0.464. The Kier molecular flexibility index (Phi) is 2.15. The topological polar surface area (TPSA) is 43.1 Å². The number of rotatable bonds is 1. The molecular weight excluding hydrogens is 144 g/mol. The lowest BCUT2D eigenvalue weighted by atomic mass is 10.3. The molecule has 0 saturated heterocycles. The van der Waals surface area contributed by atoms with Gasteiger partial charge in [0.05, 0.1) is 12.7 Å². The molecule has 0 bridgehead atoms. The summed E-state index contributed by atoms with van der Waals surface area (Å²) in [4.78, 5) is 10.9. The van der Waals surface area contributed by atoms with E-state index in [-0.39, 0.29) is 5.97 Å². The molecule has 0 aliphatic rings. The molecule has 11 heavy (non-hydrogen) atoms. The van der Waals surface area contributed by atoms with E-state index in [0.717, 1.165) is 0 Å². The van der Waals surface area contributed by atoms with Gasteiger partial charge in [0.1, 0.15) is 6.20 Å². The van der Waals surface area contributed by atoms with Crippen LogP contribution in [0.15, 0.2) is 18.5 Å². The minimum Gasteiger partial charge on any atom is -0.465 e. The maximum absolute atomic E-state index is 10.9. The van der Waals surface area contributed by atoms with E-state index in [2.05, 4.69) is 9.84 Å². The first-order chi connectivity index (χ1) is 5.24. The Balaban J connectivity index is 2.90. The van der Waals surface area contributed by atoms with Gasteiger partial charge in [-0.3, -0.25) is 0 Å². The van der Waals surface area contributed by atoms with E-state index in [0.29, 0.717) is 5.56 Å². The van der Waals surface area contributed by atoms with Crippen molar-refractivity contribution >= 4 is 5.97 Å². The third-order valence-electron chi connectivity index (χ3n) is 1.27. The summed E-state index contributed by atoms with van der Waals surface area (Å²) in [6.07, 6.45) is 3.15. The molecule has 0 spiro atoms. The van der Waals surface area contributed by atoms with Crippen molar-refractivity contribution in [2.24, 2.45) is 7.05 Å². The Morgan fingerprint density at radius 3 is 2.91 bits per heavy atom. The monoisotopic (exact) mass is 153 g/mol. The molecule has 0 aromatic carbocycles. The van der Waals surface area contributed by atoms with Gasteiger partial charge in [0.25, 0.3) is 0 Å². The van der Waals surface area contributed by atoms with Crippen LogP contribution in [0.1, 0.15) is 10.4 Å². The van der Waals surface area contributed by atoms with E-state index in [1.165, 1.54) is 13.3 Å². The lowest BCUT2D eigenvalue weighted by molar-refractivity contribution is -0.730. The SMILES string of the molecule is COC(=O)c1cc[n+](C)nc1. The Hall–Kier alpha value is -1.45. The molecule has 0 N–H and O–H groups in total.